The quantitative estimate of drug-likeness (QED) is 0.324. The van der Waals surface area contributed by atoms with Crippen molar-refractivity contribution >= 4 is 37.3 Å². The maximum Gasteiger partial charge on any atom is 0.270 e. The summed E-state index contributed by atoms with van der Waals surface area (Å²) in [5.74, 6) is 0.540. The number of rotatable bonds is 8. The van der Waals surface area contributed by atoms with Gasteiger partial charge in [0.25, 0.3) is 5.69 Å². The molecule has 9 heteroatoms. The molecule has 24 heavy (non-hydrogen) atoms. The van der Waals surface area contributed by atoms with Crippen LogP contribution in [0.3, 0.4) is 0 Å². The second-order valence-electron chi connectivity index (χ2n) is 4.87. The molecule has 0 bridgehead atoms. The zero-order chi connectivity index (χ0) is 17.6. The minimum absolute atomic E-state index is 0.0423. The molecule has 2 aromatic carbocycles. The average molecular weight is 385 g/mol. The van der Waals surface area contributed by atoms with Gasteiger partial charge in [0, 0.05) is 29.3 Å². The molecule has 0 unspecified atom stereocenters. The first-order chi connectivity index (χ1) is 11.4. The second-order valence-corrected chi connectivity index (χ2v) is 9.13. The Kier molecular flexibility index (Phi) is 6.67. The molecule has 0 saturated heterocycles. The molecular formula is C15H16N2O4S3. The van der Waals surface area contributed by atoms with Crippen LogP contribution in [0, 0.1) is 17.0 Å². The van der Waals surface area contributed by atoms with Gasteiger partial charge in [0.05, 0.1) is 9.82 Å². The molecule has 0 aliphatic rings. The third kappa shape index (κ3) is 5.52. The molecular weight excluding hydrogens is 368 g/mol. The summed E-state index contributed by atoms with van der Waals surface area (Å²) < 4.78 is 26.7. The number of nitro benzene ring substituents is 1. The zero-order valence-electron chi connectivity index (χ0n) is 12.8. The standard InChI is InChI=1S/C15H16N2O4S3/c1-12-5-7-15(8-6-12)24(20,21)16-9-10-22-23-14-4-2-3-13(11-14)17(18)19/h2-8,11,16H,9-10H2,1H3. The molecule has 0 amide bonds. The zero-order valence-corrected chi connectivity index (χ0v) is 15.3. The van der Waals surface area contributed by atoms with E-state index >= 15 is 0 Å². The van der Waals surface area contributed by atoms with Gasteiger partial charge in [-0.05, 0) is 25.1 Å². The van der Waals surface area contributed by atoms with E-state index in [9.17, 15) is 18.5 Å². The van der Waals surface area contributed by atoms with Gasteiger partial charge in [0.15, 0.2) is 0 Å². The van der Waals surface area contributed by atoms with Gasteiger partial charge in [-0.3, -0.25) is 10.1 Å². The van der Waals surface area contributed by atoms with Crippen LogP contribution < -0.4 is 4.72 Å². The summed E-state index contributed by atoms with van der Waals surface area (Å²) in [6.07, 6.45) is 0. The summed E-state index contributed by atoms with van der Waals surface area (Å²) in [5, 5.41) is 10.7. The van der Waals surface area contributed by atoms with E-state index in [0.29, 0.717) is 5.75 Å². The number of nitrogens with one attached hydrogen (secondary N) is 1. The number of aryl methyl sites for hydroxylation is 1. The Hall–Kier alpha value is -1.55. The smallest absolute Gasteiger partial charge is 0.258 e. The van der Waals surface area contributed by atoms with Crippen molar-refractivity contribution in [3.63, 3.8) is 0 Å². The fourth-order valence-corrected chi connectivity index (χ4v) is 4.87. The number of nitrogens with zero attached hydrogens (tertiary/aromatic N) is 1. The Morgan fingerprint density at radius 2 is 1.88 bits per heavy atom. The van der Waals surface area contributed by atoms with Gasteiger partial charge in [-0.15, -0.1) is 0 Å². The van der Waals surface area contributed by atoms with Crippen molar-refractivity contribution < 1.29 is 13.3 Å². The number of hydrogen-bond donors (Lipinski definition) is 1. The Bertz CT molecular complexity index is 808. The van der Waals surface area contributed by atoms with E-state index in [2.05, 4.69) is 4.72 Å². The van der Waals surface area contributed by atoms with Gasteiger partial charge in [-0.2, -0.15) is 0 Å². The highest BCUT2D eigenvalue weighted by molar-refractivity contribution is 8.76. The van der Waals surface area contributed by atoms with Gasteiger partial charge in [0.1, 0.15) is 0 Å². The molecule has 128 valence electrons. The van der Waals surface area contributed by atoms with Gasteiger partial charge < -0.3 is 0 Å². The fourth-order valence-electron chi connectivity index (χ4n) is 1.78. The number of hydrogen-bond acceptors (Lipinski definition) is 6. The Labute approximate surface area is 148 Å². The van der Waals surface area contributed by atoms with E-state index in [1.807, 2.05) is 6.92 Å². The molecule has 0 aromatic heterocycles. The highest BCUT2D eigenvalue weighted by atomic mass is 33.1. The third-order valence-electron chi connectivity index (χ3n) is 2.99. The van der Waals surface area contributed by atoms with Crippen LogP contribution in [0.5, 0.6) is 0 Å². The SMILES string of the molecule is Cc1ccc(S(=O)(=O)NCCSSc2cccc([N+](=O)[O-])c2)cc1. The minimum Gasteiger partial charge on any atom is -0.258 e. The van der Waals surface area contributed by atoms with Crippen molar-refractivity contribution in [1.29, 1.82) is 0 Å². The van der Waals surface area contributed by atoms with Crippen molar-refractivity contribution in [2.45, 2.75) is 16.7 Å². The Morgan fingerprint density at radius 1 is 1.17 bits per heavy atom. The number of non-ortho nitro benzene ring substituents is 1. The third-order valence-corrected chi connectivity index (χ3v) is 6.84. The van der Waals surface area contributed by atoms with Crippen molar-refractivity contribution in [2.24, 2.45) is 0 Å². The van der Waals surface area contributed by atoms with Crippen molar-refractivity contribution in [3.05, 3.63) is 64.2 Å². The van der Waals surface area contributed by atoms with E-state index in [1.54, 1.807) is 36.4 Å². The predicted octanol–water partition coefficient (Wildman–Crippen LogP) is 3.62. The lowest BCUT2D eigenvalue weighted by molar-refractivity contribution is -0.385. The molecule has 0 radical (unpaired) electrons. The highest BCUT2D eigenvalue weighted by Gasteiger charge is 2.12. The molecule has 0 heterocycles. The maximum absolute atomic E-state index is 12.1. The molecule has 6 nitrogen and oxygen atoms in total. The number of nitro groups is 1. The lowest BCUT2D eigenvalue weighted by Gasteiger charge is -2.07. The summed E-state index contributed by atoms with van der Waals surface area (Å²) in [6.45, 7) is 2.18. The average Bonchev–Trinajstić information content (AvgIpc) is 2.55. The summed E-state index contributed by atoms with van der Waals surface area (Å²) in [7, 11) is -0.692. The molecule has 0 aliphatic heterocycles. The van der Waals surface area contributed by atoms with Crippen LogP contribution in [-0.2, 0) is 10.0 Å². The van der Waals surface area contributed by atoms with Crippen LogP contribution in [0.1, 0.15) is 5.56 Å². The first-order valence-corrected chi connectivity index (χ1v) is 10.8. The minimum atomic E-state index is -3.50. The monoisotopic (exact) mass is 384 g/mol. The van der Waals surface area contributed by atoms with Crippen LogP contribution in [0.2, 0.25) is 0 Å². The first kappa shape index (κ1) is 18.8. The summed E-state index contributed by atoms with van der Waals surface area (Å²) in [6, 6.07) is 13.0. The molecule has 0 atom stereocenters. The lowest BCUT2D eigenvalue weighted by atomic mass is 10.2. The van der Waals surface area contributed by atoms with Crippen LogP contribution >= 0.6 is 21.6 Å². The van der Waals surface area contributed by atoms with Gasteiger partial charge in [0.2, 0.25) is 10.0 Å². The molecule has 0 spiro atoms. The topological polar surface area (TPSA) is 89.3 Å². The van der Waals surface area contributed by atoms with Gasteiger partial charge in [-0.1, -0.05) is 45.4 Å². The molecule has 1 N–H and O–H groups in total. The molecule has 2 aromatic rings. The fraction of sp³-hybridized carbons (Fsp3) is 0.200. The Balaban J connectivity index is 1.79. The molecule has 0 fully saturated rings. The molecule has 2 rings (SSSR count). The van der Waals surface area contributed by atoms with E-state index in [4.69, 9.17) is 0 Å². The first-order valence-electron chi connectivity index (χ1n) is 6.99. The van der Waals surface area contributed by atoms with Crippen molar-refractivity contribution in [1.82, 2.24) is 4.72 Å². The van der Waals surface area contributed by atoms with Gasteiger partial charge in [-0.25, -0.2) is 13.1 Å². The van der Waals surface area contributed by atoms with Gasteiger partial charge >= 0.3 is 0 Å². The maximum atomic E-state index is 12.1. The molecule has 0 saturated carbocycles. The van der Waals surface area contributed by atoms with Crippen molar-refractivity contribution in [3.8, 4) is 0 Å². The largest absolute Gasteiger partial charge is 0.270 e. The summed E-state index contributed by atoms with van der Waals surface area (Å²) in [4.78, 5) is 11.3. The summed E-state index contributed by atoms with van der Waals surface area (Å²) >= 11 is 0. The van der Waals surface area contributed by atoms with E-state index in [0.717, 1.165) is 10.5 Å². The lowest BCUT2D eigenvalue weighted by Crippen LogP contribution is -2.25. The Morgan fingerprint density at radius 3 is 2.54 bits per heavy atom. The normalized spacial score (nSPS) is 11.4. The highest BCUT2D eigenvalue weighted by Crippen LogP contribution is 2.32. The van der Waals surface area contributed by atoms with Crippen LogP contribution in [0.15, 0.2) is 58.3 Å². The predicted molar refractivity (Wildman–Crippen MR) is 97.8 cm³/mol. The molecule has 0 aliphatic carbocycles. The van der Waals surface area contributed by atoms with E-state index in [-0.39, 0.29) is 17.1 Å². The van der Waals surface area contributed by atoms with Crippen LogP contribution in [0.4, 0.5) is 5.69 Å². The number of sulfonamides is 1. The second kappa shape index (κ2) is 8.52. The van der Waals surface area contributed by atoms with Crippen molar-refractivity contribution in [2.75, 3.05) is 12.3 Å². The van der Waals surface area contributed by atoms with E-state index in [1.165, 1.54) is 33.7 Å². The van der Waals surface area contributed by atoms with E-state index < -0.39 is 14.9 Å². The van der Waals surface area contributed by atoms with Crippen LogP contribution in [0.25, 0.3) is 0 Å². The number of benzene rings is 2. The summed E-state index contributed by atoms with van der Waals surface area (Å²) in [5.41, 5.74) is 1.04. The van der Waals surface area contributed by atoms with Crippen LogP contribution in [-0.4, -0.2) is 25.6 Å².